The molecule has 0 bridgehead atoms. The second kappa shape index (κ2) is 8.64. The minimum absolute atomic E-state index is 0.00774. The van der Waals surface area contributed by atoms with E-state index in [1.807, 2.05) is 11.8 Å². The van der Waals surface area contributed by atoms with E-state index in [0.717, 1.165) is 58.5 Å². The summed E-state index contributed by atoms with van der Waals surface area (Å²) >= 11 is 0. The summed E-state index contributed by atoms with van der Waals surface area (Å²) in [6.07, 6.45) is 6.33. The lowest BCUT2D eigenvalue weighted by atomic mass is 9.92. The summed E-state index contributed by atoms with van der Waals surface area (Å²) in [5, 5.41) is 0. The van der Waals surface area contributed by atoms with Crippen LogP contribution < -0.4 is 0 Å². The van der Waals surface area contributed by atoms with Gasteiger partial charge in [-0.2, -0.15) is 0 Å². The highest BCUT2D eigenvalue weighted by molar-refractivity contribution is 5.83. The van der Waals surface area contributed by atoms with Gasteiger partial charge < -0.3 is 9.80 Å². The van der Waals surface area contributed by atoms with Crippen LogP contribution in [0.4, 0.5) is 0 Å². The topological polar surface area (TPSA) is 43.9 Å². The first-order valence-electron chi connectivity index (χ1n) is 11.0. The SMILES string of the molecule is CCC(=O)N1CCN([C@@H](C(=O)N2CCc3ccccc3C2)C2CCCC2)CC1. The molecule has 0 aromatic heterocycles. The molecule has 5 heteroatoms. The van der Waals surface area contributed by atoms with Crippen molar-refractivity contribution in [1.29, 1.82) is 0 Å². The molecule has 0 spiro atoms. The minimum atomic E-state index is -0.00774. The highest BCUT2D eigenvalue weighted by Crippen LogP contribution is 2.33. The summed E-state index contributed by atoms with van der Waals surface area (Å²) in [5.74, 6) is 1.02. The van der Waals surface area contributed by atoms with Crippen LogP contribution >= 0.6 is 0 Å². The van der Waals surface area contributed by atoms with E-state index in [9.17, 15) is 9.59 Å². The maximum absolute atomic E-state index is 13.7. The number of carbonyl (C=O) groups excluding carboxylic acids is 2. The molecule has 0 N–H and O–H groups in total. The van der Waals surface area contributed by atoms with Crippen LogP contribution in [0.2, 0.25) is 0 Å². The zero-order valence-corrected chi connectivity index (χ0v) is 17.1. The van der Waals surface area contributed by atoms with Gasteiger partial charge in [0, 0.05) is 45.7 Å². The van der Waals surface area contributed by atoms with Gasteiger partial charge in [0.1, 0.15) is 0 Å². The van der Waals surface area contributed by atoms with Crippen LogP contribution in [0.15, 0.2) is 24.3 Å². The highest BCUT2D eigenvalue weighted by Gasteiger charge is 2.39. The summed E-state index contributed by atoms with van der Waals surface area (Å²) < 4.78 is 0. The Balaban J connectivity index is 1.47. The van der Waals surface area contributed by atoms with E-state index in [0.29, 0.717) is 18.2 Å². The van der Waals surface area contributed by atoms with E-state index in [1.54, 1.807) is 0 Å². The summed E-state index contributed by atoms with van der Waals surface area (Å²) in [6.45, 7) is 6.65. The first kappa shape index (κ1) is 19.4. The van der Waals surface area contributed by atoms with Crippen molar-refractivity contribution < 1.29 is 9.59 Å². The molecule has 1 aromatic rings. The Bertz CT molecular complexity index is 706. The van der Waals surface area contributed by atoms with Crippen LogP contribution in [0, 0.1) is 5.92 Å². The maximum atomic E-state index is 13.7. The van der Waals surface area contributed by atoms with E-state index in [1.165, 1.54) is 24.0 Å². The molecule has 1 saturated carbocycles. The van der Waals surface area contributed by atoms with E-state index in [4.69, 9.17) is 0 Å². The Morgan fingerprint density at radius 1 is 0.964 bits per heavy atom. The van der Waals surface area contributed by atoms with Crippen molar-refractivity contribution in [1.82, 2.24) is 14.7 Å². The van der Waals surface area contributed by atoms with Gasteiger partial charge in [0.2, 0.25) is 11.8 Å². The number of benzene rings is 1. The van der Waals surface area contributed by atoms with Crippen molar-refractivity contribution in [2.45, 2.75) is 58.0 Å². The number of piperazine rings is 1. The standard InChI is InChI=1S/C23H33N3O2/c1-2-21(27)24-13-15-25(16-14-24)22(19-8-4-5-9-19)23(28)26-12-11-18-7-3-6-10-20(18)17-26/h3,6-7,10,19,22H,2,4-5,8-9,11-17H2,1H3/t22-/m1/s1. The first-order chi connectivity index (χ1) is 13.7. The molecule has 2 fully saturated rings. The normalized spacial score (nSPS) is 22.2. The average molecular weight is 384 g/mol. The second-order valence-electron chi connectivity index (χ2n) is 8.54. The molecule has 0 unspecified atom stereocenters. The molecule has 1 atom stereocenters. The molecule has 152 valence electrons. The van der Waals surface area contributed by atoms with Crippen LogP contribution in [0.5, 0.6) is 0 Å². The lowest BCUT2D eigenvalue weighted by Crippen LogP contribution is -2.58. The Morgan fingerprint density at radius 2 is 1.64 bits per heavy atom. The number of hydrogen-bond acceptors (Lipinski definition) is 3. The monoisotopic (exact) mass is 383 g/mol. The van der Waals surface area contributed by atoms with Gasteiger partial charge in [-0.3, -0.25) is 14.5 Å². The maximum Gasteiger partial charge on any atom is 0.240 e. The Kier molecular flexibility index (Phi) is 6.00. The van der Waals surface area contributed by atoms with Crippen molar-refractivity contribution in [3.8, 4) is 0 Å². The third-order valence-electron chi connectivity index (χ3n) is 6.90. The molecule has 0 radical (unpaired) electrons. The third kappa shape index (κ3) is 3.95. The number of nitrogens with zero attached hydrogens (tertiary/aromatic N) is 3. The van der Waals surface area contributed by atoms with Gasteiger partial charge in [-0.15, -0.1) is 0 Å². The van der Waals surface area contributed by atoms with Crippen LogP contribution in [0.3, 0.4) is 0 Å². The first-order valence-corrected chi connectivity index (χ1v) is 11.0. The van der Waals surface area contributed by atoms with Gasteiger partial charge in [-0.05, 0) is 36.3 Å². The fourth-order valence-electron chi connectivity index (χ4n) is 5.27. The zero-order valence-electron chi connectivity index (χ0n) is 17.1. The lowest BCUT2D eigenvalue weighted by molar-refractivity contribution is -0.142. The van der Waals surface area contributed by atoms with Gasteiger partial charge >= 0.3 is 0 Å². The quantitative estimate of drug-likeness (QED) is 0.803. The van der Waals surface area contributed by atoms with E-state index in [-0.39, 0.29) is 11.9 Å². The number of hydrogen-bond donors (Lipinski definition) is 0. The predicted molar refractivity (Wildman–Crippen MR) is 110 cm³/mol. The summed E-state index contributed by atoms with van der Waals surface area (Å²) in [4.78, 5) is 32.1. The predicted octanol–water partition coefficient (Wildman–Crippen LogP) is 2.68. The molecule has 2 aliphatic heterocycles. The van der Waals surface area contributed by atoms with Gasteiger partial charge in [0.05, 0.1) is 6.04 Å². The molecule has 1 saturated heterocycles. The number of rotatable bonds is 4. The van der Waals surface area contributed by atoms with Crippen LogP contribution in [0.25, 0.3) is 0 Å². The van der Waals surface area contributed by atoms with Gasteiger partial charge in [0.15, 0.2) is 0 Å². The van der Waals surface area contributed by atoms with Crippen molar-refractivity contribution >= 4 is 11.8 Å². The molecule has 1 aliphatic carbocycles. The van der Waals surface area contributed by atoms with Crippen molar-refractivity contribution in [3.05, 3.63) is 35.4 Å². The fraction of sp³-hybridized carbons (Fsp3) is 0.652. The van der Waals surface area contributed by atoms with Gasteiger partial charge in [0.25, 0.3) is 0 Å². The Labute approximate surface area is 168 Å². The minimum Gasteiger partial charge on any atom is -0.340 e. The smallest absolute Gasteiger partial charge is 0.240 e. The molecule has 28 heavy (non-hydrogen) atoms. The molecular weight excluding hydrogens is 350 g/mol. The van der Waals surface area contributed by atoms with Crippen molar-refractivity contribution in [2.24, 2.45) is 5.92 Å². The number of fused-ring (bicyclic) bond motifs is 1. The number of amides is 2. The van der Waals surface area contributed by atoms with E-state index in [2.05, 4.69) is 34.1 Å². The summed E-state index contributed by atoms with van der Waals surface area (Å²) in [6, 6.07) is 8.51. The second-order valence-corrected chi connectivity index (χ2v) is 8.54. The van der Waals surface area contributed by atoms with E-state index < -0.39 is 0 Å². The largest absolute Gasteiger partial charge is 0.340 e. The summed E-state index contributed by atoms with van der Waals surface area (Å²) in [5.41, 5.74) is 2.68. The average Bonchev–Trinajstić information content (AvgIpc) is 3.27. The Morgan fingerprint density at radius 3 is 2.32 bits per heavy atom. The molecule has 2 amide bonds. The molecule has 1 aromatic carbocycles. The molecular formula is C23H33N3O2. The third-order valence-corrected chi connectivity index (χ3v) is 6.90. The Hall–Kier alpha value is -1.88. The summed E-state index contributed by atoms with van der Waals surface area (Å²) in [7, 11) is 0. The molecule has 4 rings (SSSR count). The van der Waals surface area contributed by atoms with Crippen molar-refractivity contribution in [2.75, 3.05) is 32.7 Å². The van der Waals surface area contributed by atoms with E-state index >= 15 is 0 Å². The lowest BCUT2D eigenvalue weighted by Gasteiger charge is -2.43. The van der Waals surface area contributed by atoms with Crippen LogP contribution in [-0.2, 0) is 22.6 Å². The van der Waals surface area contributed by atoms with Crippen LogP contribution in [0.1, 0.15) is 50.2 Å². The van der Waals surface area contributed by atoms with Gasteiger partial charge in [-0.1, -0.05) is 44.0 Å². The molecule has 2 heterocycles. The fourth-order valence-corrected chi connectivity index (χ4v) is 5.27. The highest BCUT2D eigenvalue weighted by atomic mass is 16.2. The molecule has 3 aliphatic rings. The van der Waals surface area contributed by atoms with Crippen molar-refractivity contribution in [3.63, 3.8) is 0 Å². The zero-order chi connectivity index (χ0) is 19.5. The number of carbonyl (C=O) groups is 2. The molecule has 5 nitrogen and oxygen atoms in total. The van der Waals surface area contributed by atoms with Crippen LogP contribution in [-0.4, -0.2) is 65.3 Å². The van der Waals surface area contributed by atoms with Gasteiger partial charge in [-0.25, -0.2) is 0 Å².